The predicted octanol–water partition coefficient (Wildman–Crippen LogP) is 1.87. The fourth-order valence-electron chi connectivity index (χ4n) is 3.13. The van der Waals surface area contributed by atoms with Gasteiger partial charge in [-0.05, 0) is 38.6 Å². The molecule has 0 saturated carbocycles. The summed E-state index contributed by atoms with van der Waals surface area (Å²) in [7, 11) is 0. The maximum atomic E-state index is 5.94. The van der Waals surface area contributed by atoms with Gasteiger partial charge in [0.1, 0.15) is 0 Å². The Morgan fingerprint density at radius 3 is 2.94 bits per heavy atom. The molecule has 0 aromatic carbocycles. The molecule has 1 N–H and O–H groups in total. The van der Waals surface area contributed by atoms with Crippen molar-refractivity contribution in [2.24, 2.45) is 5.92 Å². The third-order valence-electron chi connectivity index (χ3n) is 3.98. The van der Waals surface area contributed by atoms with Gasteiger partial charge in [-0.2, -0.15) is 0 Å². The summed E-state index contributed by atoms with van der Waals surface area (Å²) in [6.45, 7) is 11.2. The Kier molecular flexibility index (Phi) is 4.83. The first-order chi connectivity index (χ1) is 8.15. The first-order valence-corrected chi connectivity index (χ1v) is 7.24. The van der Waals surface area contributed by atoms with Crippen molar-refractivity contribution < 1.29 is 4.74 Å². The zero-order valence-electron chi connectivity index (χ0n) is 11.6. The van der Waals surface area contributed by atoms with Gasteiger partial charge in [0.15, 0.2) is 0 Å². The molecule has 0 amide bonds. The number of fused-ring (bicyclic) bond motifs is 1. The first kappa shape index (κ1) is 13.3. The lowest BCUT2D eigenvalue weighted by Crippen LogP contribution is -2.50. The smallest absolute Gasteiger partial charge is 0.0827 e. The summed E-state index contributed by atoms with van der Waals surface area (Å²) in [4.78, 5) is 2.61. The van der Waals surface area contributed by atoms with E-state index in [2.05, 4.69) is 31.0 Å². The molecule has 3 nitrogen and oxygen atoms in total. The van der Waals surface area contributed by atoms with Gasteiger partial charge < -0.3 is 10.1 Å². The molecule has 0 aromatic heterocycles. The van der Waals surface area contributed by atoms with Crippen molar-refractivity contribution in [3.8, 4) is 0 Å². The molecule has 0 spiro atoms. The Bertz CT molecular complexity index is 232. The van der Waals surface area contributed by atoms with Crippen molar-refractivity contribution in [1.29, 1.82) is 0 Å². The minimum Gasteiger partial charge on any atom is -0.374 e. The lowest BCUT2D eigenvalue weighted by Gasteiger charge is -2.35. The van der Waals surface area contributed by atoms with Crippen molar-refractivity contribution in [2.75, 3.05) is 26.2 Å². The van der Waals surface area contributed by atoms with Crippen LogP contribution in [0.25, 0.3) is 0 Å². The predicted molar refractivity (Wildman–Crippen MR) is 71.3 cm³/mol. The number of rotatable bonds is 5. The summed E-state index contributed by atoms with van der Waals surface area (Å²) < 4.78 is 5.94. The van der Waals surface area contributed by atoms with Crippen LogP contribution in [0.1, 0.15) is 40.0 Å². The van der Waals surface area contributed by atoms with Crippen LogP contribution in [0, 0.1) is 5.92 Å². The molecule has 2 heterocycles. The Hall–Kier alpha value is -0.120. The maximum absolute atomic E-state index is 5.94. The molecule has 17 heavy (non-hydrogen) atoms. The first-order valence-electron chi connectivity index (χ1n) is 7.24. The fourth-order valence-corrected chi connectivity index (χ4v) is 3.13. The molecule has 2 aliphatic rings. The zero-order chi connectivity index (χ0) is 12.3. The molecule has 2 saturated heterocycles. The van der Waals surface area contributed by atoms with Crippen LogP contribution in [0.2, 0.25) is 0 Å². The summed E-state index contributed by atoms with van der Waals surface area (Å²) >= 11 is 0. The molecule has 3 atom stereocenters. The fraction of sp³-hybridized carbons (Fsp3) is 1.00. The number of morpholine rings is 1. The lowest BCUT2D eigenvalue weighted by molar-refractivity contribution is -0.0478. The van der Waals surface area contributed by atoms with E-state index in [0.29, 0.717) is 12.1 Å². The summed E-state index contributed by atoms with van der Waals surface area (Å²) in [6.07, 6.45) is 4.35. The number of nitrogens with zero attached hydrogens (tertiary/aromatic N) is 1. The molecule has 0 aromatic rings. The van der Waals surface area contributed by atoms with E-state index in [-0.39, 0.29) is 0 Å². The Morgan fingerprint density at radius 2 is 2.18 bits per heavy atom. The van der Waals surface area contributed by atoms with Crippen molar-refractivity contribution in [2.45, 2.75) is 58.2 Å². The van der Waals surface area contributed by atoms with E-state index in [4.69, 9.17) is 4.74 Å². The normalized spacial score (nSPS) is 31.8. The second-order valence-electron chi connectivity index (χ2n) is 6.19. The van der Waals surface area contributed by atoms with Crippen molar-refractivity contribution in [1.82, 2.24) is 10.2 Å². The highest BCUT2D eigenvalue weighted by Crippen LogP contribution is 2.22. The van der Waals surface area contributed by atoms with E-state index in [1.165, 1.54) is 25.8 Å². The SMILES string of the molecule is CC(C)CC(C)NCC1CN2CCCC2CO1. The van der Waals surface area contributed by atoms with Crippen LogP contribution < -0.4 is 5.32 Å². The Labute approximate surface area is 106 Å². The third-order valence-corrected chi connectivity index (χ3v) is 3.98. The van der Waals surface area contributed by atoms with Gasteiger partial charge in [0, 0.05) is 25.2 Å². The van der Waals surface area contributed by atoms with Gasteiger partial charge in [-0.3, -0.25) is 4.90 Å². The molecular weight excluding hydrogens is 212 g/mol. The van der Waals surface area contributed by atoms with E-state index in [1.807, 2.05) is 0 Å². The van der Waals surface area contributed by atoms with Gasteiger partial charge in [-0.25, -0.2) is 0 Å². The monoisotopic (exact) mass is 240 g/mol. The summed E-state index contributed by atoms with van der Waals surface area (Å²) in [5.41, 5.74) is 0. The average molecular weight is 240 g/mol. The average Bonchev–Trinajstić information content (AvgIpc) is 2.72. The minimum absolute atomic E-state index is 0.402. The van der Waals surface area contributed by atoms with Gasteiger partial charge in [0.25, 0.3) is 0 Å². The largest absolute Gasteiger partial charge is 0.374 e. The molecule has 2 aliphatic heterocycles. The maximum Gasteiger partial charge on any atom is 0.0827 e. The molecule has 0 radical (unpaired) electrons. The van der Waals surface area contributed by atoms with Gasteiger partial charge >= 0.3 is 0 Å². The van der Waals surface area contributed by atoms with E-state index >= 15 is 0 Å². The molecular formula is C14H28N2O. The van der Waals surface area contributed by atoms with Crippen LogP contribution in [-0.4, -0.2) is 49.3 Å². The highest BCUT2D eigenvalue weighted by molar-refractivity contribution is 4.86. The topological polar surface area (TPSA) is 24.5 Å². The van der Waals surface area contributed by atoms with Crippen molar-refractivity contribution in [3.63, 3.8) is 0 Å². The van der Waals surface area contributed by atoms with Crippen LogP contribution in [0.5, 0.6) is 0 Å². The summed E-state index contributed by atoms with van der Waals surface area (Å²) in [5, 5.41) is 3.61. The highest BCUT2D eigenvalue weighted by Gasteiger charge is 2.31. The molecule has 0 aliphatic carbocycles. The molecule has 2 rings (SSSR count). The van der Waals surface area contributed by atoms with Crippen molar-refractivity contribution in [3.05, 3.63) is 0 Å². The standard InChI is InChI=1S/C14H28N2O/c1-11(2)7-12(3)15-8-14-9-16-6-4-5-13(16)10-17-14/h11-15H,4-10H2,1-3H3. The third kappa shape index (κ3) is 3.94. The van der Waals surface area contributed by atoms with E-state index < -0.39 is 0 Å². The van der Waals surface area contributed by atoms with E-state index in [9.17, 15) is 0 Å². The quantitative estimate of drug-likeness (QED) is 0.794. The molecule has 2 fully saturated rings. The number of hydrogen-bond acceptors (Lipinski definition) is 3. The summed E-state index contributed by atoms with van der Waals surface area (Å²) in [5.74, 6) is 0.771. The van der Waals surface area contributed by atoms with Crippen LogP contribution >= 0.6 is 0 Å². The van der Waals surface area contributed by atoms with Crippen LogP contribution in [-0.2, 0) is 4.74 Å². The number of ether oxygens (including phenoxy) is 1. The second-order valence-corrected chi connectivity index (χ2v) is 6.19. The molecule has 3 heteroatoms. The van der Waals surface area contributed by atoms with Gasteiger partial charge in [0.2, 0.25) is 0 Å². The zero-order valence-corrected chi connectivity index (χ0v) is 11.6. The van der Waals surface area contributed by atoms with Gasteiger partial charge in [0.05, 0.1) is 12.7 Å². The number of nitrogens with one attached hydrogen (secondary N) is 1. The molecule has 100 valence electrons. The van der Waals surface area contributed by atoms with Crippen molar-refractivity contribution >= 4 is 0 Å². The molecule has 3 unspecified atom stereocenters. The Balaban J connectivity index is 1.66. The Morgan fingerprint density at radius 1 is 1.35 bits per heavy atom. The van der Waals surface area contributed by atoms with E-state index in [0.717, 1.165) is 31.7 Å². The van der Waals surface area contributed by atoms with Crippen LogP contribution in [0.15, 0.2) is 0 Å². The highest BCUT2D eigenvalue weighted by atomic mass is 16.5. The lowest BCUT2D eigenvalue weighted by atomic mass is 10.1. The second kappa shape index (κ2) is 6.17. The minimum atomic E-state index is 0.402. The van der Waals surface area contributed by atoms with E-state index in [1.54, 1.807) is 0 Å². The van der Waals surface area contributed by atoms with Crippen LogP contribution in [0.4, 0.5) is 0 Å². The van der Waals surface area contributed by atoms with Crippen LogP contribution in [0.3, 0.4) is 0 Å². The molecule has 0 bridgehead atoms. The number of hydrogen-bond donors (Lipinski definition) is 1. The van der Waals surface area contributed by atoms with Gasteiger partial charge in [-0.1, -0.05) is 13.8 Å². The summed E-state index contributed by atoms with van der Waals surface area (Å²) in [6, 6.07) is 1.33. The van der Waals surface area contributed by atoms with Gasteiger partial charge in [-0.15, -0.1) is 0 Å².